The van der Waals surface area contributed by atoms with Crippen LogP contribution in [0.4, 0.5) is 0 Å². The summed E-state index contributed by atoms with van der Waals surface area (Å²) in [5.41, 5.74) is 0.108. The van der Waals surface area contributed by atoms with Crippen LogP contribution >= 0.6 is 0 Å². The van der Waals surface area contributed by atoms with Crippen LogP contribution in [0.5, 0.6) is 0 Å². The van der Waals surface area contributed by atoms with Crippen molar-refractivity contribution in [1.82, 2.24) is 5.32 Å². The first-order valence-corrected chi connectivity index (χ1v) is 4.01. The fraction of sp³-hybridized carbons (Fsp3) is 1.00. The molecule has 1 rings (SSSR count). The van der Waals surface area contributed by atoms with Gasteiger partial charge in [0.25, 0.3) is 0 Å². The van der Waals surface area contributed by atoms with Crippen LogP contribution in [-0.2, 0) is 41.8 Å². The SMILES string of the molecule is CC(C)(C)C1OCNC1CO.[U].[U].[V].[V]. The molecule has 1 fully saturated rings. The van der Waals surface area contributed by atoms with E-state index in [0.717, 1.165) is 0 Å². The Morgan fingerprint density at radius 3 is 2.00 bits per heavy atom. The summed E-state index contributed by atoms with van der Waals surface area (Å²) >= 11 is 0. The molecule has 0 amide bonds. The van der Waals surface area contributed by atoms with Crippen LogP contribution in [0.15, 0.2) is 0 Å². The van der Waals surface area contributed by atoms with Crippen molar-refractivity contribution in [3.63, 3.8) is 0 Å². The fourth-order valence-electron chi connectivity index (χ4n) is 1.48. The molecule has 0 aromatic heterocycles. The topological polar surface area (TPSA) is 41.5 Å². The minimum Gasteiger partial charge on any atom is -0.395 e. The Morgan fingerprint density at radius 2 is 1.73 bits per heavy atom. The molecule has 0 saturated carbocycles. The molecular formula is C8H17NO2U2V2. The second-order valence-electron chi connectivity index (χ2n) is 4.09. The molecule has 0 spiro atoms. The Hall–Kier alpha value is 3.15. The number of nitrogens with one attached hydrogen (secondary N) is 1. The van der Waals surface area contributed by atoms with Gasteiger partial charge in [0.15, 0.2) is 0 Å². The van der Waals surface area contributed by atoms with E-state index in [2.05, 4.69) is 26.1 Å². The normalized spacial score (nSPS) is 24.0. The minimum absolute atomic E-state index is 0. The molecule has 2 N–H and O–H groups in total. The third-order valence-electron chi connectivity index (χ3n) is 2.02. The van der Waals surface area contributed by atoms with Crippen molar-refractivity contribution in [3.05, 3.63) is 0 Å². The van der Waals surface area contributed by atoms with Crippen molar-refractivity contribution in [2.24, 2.45) is 5.41 Å². The molecule has 0 aromatic carbocycles. The van der Waals surface area contributed by atoms with Gasteiger partial charge in [0.2, 0.25) is 0 Å². The molecule has 2 atom stereocenters. The zero-order valence-electron chi connectivity index (χ0n) is 9.32. The van der Waals surface area contributed by atoms with Gasteiger partial charge in [0.1, 0.15) is 0 Å². The van der Waals surface area contributed by atoms with Crippen molar-refractivity contribution < 1.29 is 109 Å². The molecule has 2 unspecified atom stereocenters. The van der Waals surface area contributed by atoms with Gasteiger partial charge < -0.3 is 9.84 Å². The standard InChI is InChI=1S/C8H17NO2.2U.2V/c1-8(2,3)7-6(4-10)9-5-11-7;;;;/h6-7,9-10H,4-5H2,1-3H3;;;;. The van der Waals surface area contributed by atoms with Gasteiger partial charge in [-0.1, -0.05) is 20.8 Å². The number of aliphatic hydroxyl groups is 1. The summed E-state index contributed by atoms with van der Waals surface area (Å²) in [7, 11) is 0. The zero-order valence-corrected chi connectivity index (χ0v) is 20.4. The van der Waals surface area contributed by atoms with E-state index >= 15 is 0 Å². The van der Waals surface area contributed by atoms with E-state index in [1.165, 1.54) is 0 Å². The molecule has 1 heterocycles. The Kier molecular flexibility index (Phi) is 21.7. The summed E-state index contributed by atoms with van der Waals surface area (Å²) in [6.45, 7) is 7.07. The van der Waals surface area contributed by atoms with Crippen LogP contribution in [0.2, 0.25) is 0 Å². The van der Waals surface area contributed by atoms with E-state index in [-0.39, 0.29) is 124 Å². The summed E-state index contributed by atoms with van der Waals surface area (Å²) in [6.07, 6.45) is 0.132. The van der Waals surface area contributed by atoms with Crippen molar-refractivity contribution in [3.8, 4) is 0 Å². The first kappa shape index (κ1) is 26.7. The van der Waals surface area contributed by atoms with E-state index in [1.807, 2.05) is 0 Å². The van der Waals surface area contributed by atoms with E-state index in [1.54, 1.807) is 0 Å². The number of hydrogen-bond acceptors (Lipinski definition) is 3. The van der Waals surface area contributed by atoms with Crippen molar-refractivity contribution >= 4 is 0 Å². The van der Waals surface area contributed by atoms with E-state index in [9.17, 15) is 0 Å². The van der Waals surface area contributed by atoms with Gasteiger partial charge in [-0.15, -0.1) is 0 Å². The van der Waals surface area contributed by atoms with Gasteiger partial charge in [-0.2, -0.15) is 0 Å². The predicted molar refractivity (Wildman–Crippen MR) is 43.2 cm³/mol. The molecule has 7 heteroatoms. The molecule has 0 aliphatic carbocycles. The molecule has 15 heavy (non-hydrogen) atoms. The van der Waals surface area contributed by atoms with Gasteiger partial charge in [-0.3, -0.25) is 5.32 Å². The van der Waals surface area contributed by atoms with E-state index in [0.29, 0.717) is 6.73 Å². The largest absolute Gasteiger partial charge is 0.395 e. The number of ether oxygens (including phenoxy) is 1. The van der Waals surface area contributed by atoms with Crippen molar-refractivity contribution in [2.45, 2.75) is 32.9 Å². The third-order valence-corrected chi connectivity index (χ3v) is 2.02. The van der Waals surface area contributed by atoms with E-state index in [4.69, 9.17) is 9.84 Å². The molecule has 1 aliphatic rings. The van der Waals surface area contributed by atoms with Gasteiger partial charge in [0, 0.05) is 99.3 Å². The smallest absolute Gasteiger partial charge is 0.0973 e. The molecule has 2 radical (unpaired) electrons. The summed E-state index contributed by atoms with van der Waals surface area (Å²) in [5.74, 6) is 0. The molecular weight excluding hydrogens is 720 g/mol. The second kappa shape index (κ2) is 12.2. The second-order valence-corrected chi connectivity index (χ2v) is 4.09. The zero-order chi connectivity index (χ0) is 8.48. The number of rotatable bonds is 1. The maximum Gasteiger partial charge on any atom is 0.0973 e. The quantitative estimate of drug-likeness (QED) is 0.409. The molecule has 1 aliphatic heterocycles. The molecule has 84 valence electrons. The summed E-state index contributed by atoms with van der Waals surface area (Å²) in [5, 5.41) is 12.0. The van der Waals surface area contributed by atoms with Gasteiger partial charge >= 0.3 is 0 Å². The first-order valence-electron chi connectivity index (χ1n) is 4.01. The number of hydrogen-bond donors (Lipinski definition) is 2. The van der Waals surface area contributed by atoms with Crippen molar-refractivity contribution in [2.75, 3.05) is 13.3 Å². The average molecular weight is 737 g/mol. The fourth-order valence-corrected chi connectivity index (χ4v) is 1.48. The van der Waals surface area contributed by atoms with Crippen LogP contribution in [-0.4, -0.2) is 30.6 Å². The third kappa shape index (κ3) is 8.80. The molecule has 0 bridgehead atoms. The monoisotopic (exact) mass is 737 g/mol. The summed E-state index contributed by atoms with van der Waals surface area (Å²) < 4.78 is 5.45. The van der Waals surface area contributed by atoms with Crippen LogP contribution in [0.3, 0.4) is 0 Å². The first-order chi connectivity index (χ1) is 5.05. The van der Waals surface area contributed by atoms with Crippen LogP contribution < -0.4 is 5.32 Å². The molecule has 0 aromatic rings. The minimum atomic E-state index is 0. The maximum atomic E-state index is 8.96. The Balaban J connectivity index is -0.000000151. The van der Waals surface area contributed by atoms with Crippen LogP contribution in [0.25, 0.3) is 0 Å². The van der Waals surface area contributed by atoms with Gasteiger partial charge in [-0.05, 0) is 5.41 Å². The average Bonchev–Trinajstić information content (AvgIpc) is 2.31. The Bertz CT molecular complexity index is 147. The predicted octanol–water partition coefficient (Wildman–Crippen LogP) is 0.334. The Morgan fingerprint density at radius 1 is 1.27 bits per heavy atom. The van der Waals surface area contributed by atoms with Crippen molar-refractivity contribution in [1.29, 1.82) is 0 Å². The molecule has 3 nitrogen and oxygen atoms in total. The Labute approximate surface area is 164 Å². The summed E-state index contributed by atoms with van der Waals surface area (Å²) in [6, 6.07) is 0.106. The summed E-state index contributed by atoms with van der Waals surface area (Å²) in [4.78, 5) is 0. The van der Waals surface area contributed by atoms with Crippen LogP contribution in [0, 0.1) is 67.6 Å². The van der Waals surface area contributed by atoms with Gasteiger partial charge in [0.05, 0.1) is 25.5 Å². The maximum absolute atomic E-state index is 8.96. The number of aliphatic hydroxyl groups excluding tert-OH is 1. The van der Waals surface area contributed by atoms with E-state index < -0.39 is 0 Å². The molecule has 1 saturated heterocycles. The van der Waals surface area contributed by atoms with Crippen LogP contribution in [0.1, 0.15) is 20.8 Å². The van der Waals surface area contributed by atoms with Gasteiger partial charge in [-0.25, -0.2) is 0 Å².